The molecule has 3 rings (SSSR count). The van der Waals surface area contributed by atoms with Crippen LogP contribution in [-0.4, -0.2) is 26.3 Å². The fourth-order valence-electron chi connectivity index (χ4n) is 2.53. The number of rotatable bonds is 5. The monoisotopic (exact) mass is 386 g/mol. The van der Waals surface area contributed by atoms with Crippen molar-refractivity contribution in [2.75, 3.05) is 0 Å². The van der Waals surface area contributed by atoms with E-state index >= 15 is 0 Å². The van der Waals surface area contributed by atoms with Gasteiger partial charge in [0.05, 0.1) is 0 Å². The number of benzene rings is 2. The number of nitrogens with one attached hydrogen (secondary N) is 2. The van der Waals surface area contributed by atoms with Gasteiger partial charge in [0.15, 0.2) is 0 Å². The van der Waals surface area contributed by atoms with E-state index in [2.05, 4.69) is 10.6 Å². The van der Waals surface area contributed by atoms with E-state index in [9.17, 15) is 18.0 Å². The van der Waals surface area contributed by atoms with Crippen LogP contribution >= 0.6 is 0 Å². The molecule has 1 aliphatic heterocycles. The first kappa shape index (κ1) is 18.7. The van der Waals surface area contributed by atoms with Crippen LogP contribution < -0.4 is 10.6 Å². The van der Waals surface area contributed by atoms with Crippen molar-refractivity contribution < 1.29 is 22.2 Å². The summed E-state index contributed by atoms with van der Waals surface area (Å²) in [6.45, 7) is 1.83. The Morgan fingerprint density at radius 3 is 2.37 bits per heavy atom. The van der Waals surface area contributed by atoms with Gasteiger partial charge < -0.3 is 14.8 Å². The van der Waals surface area contributed by atoms with Gasteiger partial charge in [-0.15, -0.1) is 0 Å². The molecule has 0 aromatic heterocycles. The molecule has 7 nitrogen and oxygen atoms in total. The van der Waals surface area contributed by atoms with Crippen molar-refractivity contribution in [3.8, 4) is 0 Å². The van der Waals surface area contributed by atoms with Crippen LogP contribution in [0.5, 0.6) is 0 Å². The minimum Gasteiger partial charge on any atom is -0.384 e. The number of hydrogen-bond donors (Lipinski definition) is 2. The van der Waals surface area contributed by atoms with Gasteiger partial charge in [0.1, 0.15) is 22.9 Å². The Labute approximate surface area is 157 Å². The summed E-state index contributed by atoms with van der Waals surface area (Å²) >= 11 is 0. The van der Waals surface area contributed by atoms with E-state index in [0.29, 0.717) is 6.42 Å². The first-order valence-electron chi connectivity index (χ1n) is 8.21. The Balaban J connectivity index is 1.69. The smallest absolute Gasteiger partial charge is 0.338 e. The first-order chi connectivity index (χ1) is 12.8. The Kier molecular flexibility index (Phi) is 5.27. The van der Waals surface area contributed by atoms with Crippen molar-refractivity contribution in [2.45, 2.75) is 24.3 Å². The lowest BCUT2D eigenvalue weighted by Gasteiger charge is -2.24. The fraction of sp³-hybridized carbons (Fsp3) is 0.158. The molecule has 0 bridgehead atoms. The molecular formula is C19H18N2O5S. The zero-order chi connectivity index (χ0) is 19.4. The molecule has 27 heavy (non-hydrogen) atoms. The third kappa shape index (κ3) is 4.53. The van der Waals surface area contributed by atoms with E-state index in [4.69, 9.17) is 4.18 Å². The highest BCUT2D eigenvalue weighted by Crippen LogP contribution is 2.15. The van der Waals surface area contributed by atoms with Crippen LogP contribution in [0.4, 0.5) is 0 Å². The van der Waals surface area contributed by atoms with E-state index in [1.807, 2.05) is 37.3 Å². The molecule has 1 aliphatic rings. The van der Waals surface area contributed by atoms with Crippen LogP contribution in [0.1, 0.15) is 11.1 Å². The summed E-state index contributed by atoms with van der Waals surface area (Å²) in [5.41, 5.74) is 1.53. The SMILES string of the molecule is Cc1ccc(S(=O)(=O)O/C=C2/NC(=O)[C@H](Cc3ccccc3)NC2=O)cc1. The summed E-state index contributed by atoms with van der Waals surface area (Å²) < 4.78 is 29.1. The third-order valence-corrected chi connectivity index (χ3v) is 5.21. The summed E-state index contributed by atoms with van der Waals surface area (Å²) in [7, 11) is -4.09. The van der Waals surface area contributed by atoms with Gasteiger partial charge in [0.2, 0.25) is 5.91 Å². The molecule has 2 aromatic rings. The molecule has 140 valence electrons. The van der Waals surface area contributed by atoms with E-state index in [1.54, 1.807) is 12.1 Å². The average molecular weight is 386 g/mol. The highest BCUT2D eigenvalue weighted by Gasteiger charge is 2.30. The highest BCUT2D eigenvalue weighted by molar-refractivity contribution is 7.86. The second-order valence-corrected chi connectivity index (χ2v) is 7.67. The van der Waals surface area contributed by atoms with E-state index < -0.39 is 28.0 Å². The molecule has 0 spiro atoms. The molecule has 1 atom stereocenters. The van der Waals surface area contributed by atoms with Gasteiger partial charge in [0, 0.05) is 6.42 Å². The van der Waals surface area contributed by atoms with Crippen LogP contribution in [0.2, 0.25) is 0 Å². The number of piperazine rings is 1. The maximum Gasteiger partial charge on any atom is 0.338 e. The molecule has 1 fully saturated rings. The van der Waals surface area contributed by atoms with Crippen molar-refractivity contribution >= 4 is 21.9 Å². The van der Waals surface area contributed by atoms with Gasteiger partial charge in [-0.2, -0.15) is 8.42 Å². The van der Waals surface area contributed by atoms with Gasteiger partial charge in [-0.05, 0) is 24.6 Å². The molecule has 0 saturated carbocycles. The standard InChI is InChI=1S/C19H18N2O5S/c1-13-7-9-15(10-8-13)27(24,25)26-12-17-19(23)20-16(18(22)21-17)11-14-5-3-2-4-6-14/h2-10,12,16H,11H2,1H3,(H,20,23)(H,21,22)/b17-12+/t16-/m0/s1. The number of carbonyl (C=O) groups excluding carboxylic acids is 2. The van der Waals surface area contributed by atoms with Crippen LogP contribution in [0.3, 0.4) is 0 Å². The summed E-state index contributed by atoms with van der Waals surface area (Å²) in [5, 5.41) is 4.94. The minimum atomic E-state index is -4.09. The van der Waals surface area contributed by atoms with E-state index in [-0.39, 0.29) is 10.6 Å². The average Bonchev–Trinajstić information content (AvgIpc) is 2.64. The Morgan fingerprint density at radius 1 is 1.04 bits per heavy atom. The maximum atomic E-state index is 12.2. The van der Waals surface area contributed by atoms with Gasteiger partial charge in [-0.3, -0.25) is 9.59 Å². The lowest BCUT2D eigenvalue weighted by Crippen LogP contribution is -2.55. The molecule has 2 amide bonds. The van der Waals surface area contributed by atoms with E-state index in [1.165, 1.54) is 12.1 Å². The van der Waals surface area contributed by atoms with Crippen molar-refractivity contribution in [3.63, 3.8) is 0 Å². The largest absolute Gasteiger partial charge is 0.384 e. The Hall–Kier alpha value is -3.13. The molecule has 1 saturated heterocycles. The topological polar surface area (TPSA) is 102 Å². The summed E-state index contributed by atoms with van der Waals surface area (Å²) in [6, 6.07) is 14.6. The molecule has 2 aromatic carbocycles. The normalized spacial score (nSPS) is 18.7. The zero-order valence-electron chi connectivity index (χ0n) is 14.5. The maximum absolute atomic E-state index is 12.2. The van der Waals surface area contributed by atoms with Gasteiger partial charge in [-0.25, -0.2) is 0 Å². The minimum absolute atomic E-state index is 0.0468. The zero-order valence-corrected chi connectivity index (χ0v) is 15.3. The number of aryl methyl sites for hydroxylation is 1. The third-order valence-electron chi connectivity index (χ3n) is 4.01. The molecule has 0 aliphatic carbocycles. The van der Waals surface area contributed by atoms with Crippen molar-refractivity contribution in [1.82, 2.24) is 10.6 Å². The summed E-state index contributed by atoms with van der Waals surface area (Å²) in [4.78, 5) is 24.3. The van der Waals surface area contributed by atoms with Crippen LogP contribution in [0, 0.1) is 6.92 Å². The van der Waals surface area contributed by atoms with Crippen molar-refractivity contribution in [1.29, 1.82) is 0 Å². The first-order valence-corrected chi connectivity index (χ1v) is 9.62. The van der Waals surface area contributed by atoms with Crippen molar-refractivity contribution in [2.24, 2.45) is 0 Å². The van der Waals surface area contributed by atoms with Crippen LogP contribution in [0.25, 0.3) is 0 Å². The molecule has 8 heteroatoms. The number of carbonyl (C=O) groups is 2. The van der Waals surface area contributed by atoms with E-state index in [0.717, 1.165) is 17.4 Å². The highest BCUT2D eigenvalue weighted by atomic mass is 32.2. The fourth-order valence-corrected chi connectivity index (χ4v) is 3.33. The predicted molar refractivity (Wildman–Crippen MR) is 97.8 cm³/mol. The predicted octanol–water partition coefficient (Wildman–Crippen LogP) is 1.40. The molecule has 2 N–H and O–H groups in total. The van der Waals surface area contributed by atoms with Crippen LogP contribution in [-0.2, 0) is 30.3 Å². The molecular weight excluding hydrogens is 368 g/mol. The van der Waals surface area contributed by atoms with Gasteiger partial charge >= 0.3 is 10.1 Å². The second kappa shape index (κ2) is 7.63. The second-order valence-electron chi connectivity index (χ2n) is 6.10. The molecule has 1 heterocycles. The van der Waals surface area contributed by atoms with Crippen molar-refractivity contribution in [3.05, 3.63) is 77.7 Å². The van der Waals surface area contributed by atoms with Crippen LogP contribution in [0.15, 0.2) is 71.5 Å². The van der Waals surface area contributed by atoms with Gasteiger partial charge in [0.25, 0.3) is 5.91 Å². The Bertz CT molecular complexity index is 983. The lowest BCUT2D eigenvalue weighted by atomic mass is 10.0. The molecule has 0 radical (unpaired) electrons. The number of hydrogen-bond acceptors (Lipinski definition) is 5. The Morgan fingerprint density at radius 2 is 1.70 bits per heavy atom. The lowest BCUT2D eigenvalue weighted by molar-refractivity contribution is -0.131. The molecule has 0 unspecified atom stereocenters. The van der Waals surface area contributed by atoms with Gasteiger partial charge in [-0.1, -0.05) is 48.0 Å². The summed E-state index contributed by atoms with van der Waals surface area (Å²) in [6.07, 6.45) is 1.06. The quantitative estimate of drug-likeness (QED) is 0.459. The summed E-state index contributed by atoms with van der Waals surface area (Å²) in [5.74, 6) is -1.06. The number of amides is 2.